The lowest BCUT2D eigenvalue weighted by Gasteiger charge is -2.06. The van der Waals surface area contributed by atoms with E-state index < -0.39 is 16.7 Å². The fourth-order valence-corrected chi connectivity index (χ4v) is 1.53. The van der Waals surface area contributed by atoms with E-state index in [1.807, 2.05) is 0 Å². The van der Waals surface area contributed by atoms with Crippen molar-refractivity contribution in [3.63, 3.8) is 0 Å². The zero-order chi connectivity index (χ0) is 15.4. The maximum atomic E-state index is 11.6. The predicted molar refractivity (Wildman–Crippen MR) is 71.1 cm³/mol. The van der Waals surface area contributed by atoms with Crippen LogP contribution in [-0.4, -0.2) is 31.6 Å². The molecule has 0 radical (unpaired) electrons. The molecular weight excluding hydrogens is 304 g/mol. The number of halogens is 1. The molecule has 2 N–H and O–H groups in total. The Labute approximate surface area is 121 Å². The third-order valence-electron chi connectivity index (χ3n) is 2.26. The van der Waals surface area contributed by atoms with Crippen molar-refractivity contribution in [1.82, 2.24) is 14.9 Å². The van der Waals surface area contributed by atoms with Gasteiger partial charge in [0.1, 0.15) is 17.7 Å². The summed E-state index contributed by atoms with van der Waals surface area (Å²) in [6, 6.07) is 3.62. The molecule has 108 valence electrons. The van der Waals surface area contributed by atoms with E-state index in [0.29, 0.717) is 0 Å². The lowest BCUT2D eigenvalue weighted by Crippen LogP contribution is -2.33. The summed E-state index contributed by atoms with van der Waals surface area (Å²) in [5.41, 5.74) is 1.86. The summed E-state index contributed by atoms with van der Waals surface area (Å²) in [6.45, 7) is 0. The fourth-order valence-electron chi connectivity index (χ4n) is 1.34. The van der Waals surface area contributed by atoms with Crippen LogP contribution in [-0.2, 0) is 9.59 Å². The molecule has 0 aliphatic rings. The van der Waals surface area contributed by atoms with E-state index in [2.05, 4.69) is 20.9 Å². The largest absolute Gasteiger partial charge is 0.328 e. The van der Waals surface area contributed by atoms with Gasteiger partial charge in [0, 0.05) is 11.8 Å². The van der Waals surface area contributed by atoms with Crippen molar-refractivity contribution in [1.29, 1.82) is 0 Å². The number of hydrogen-bond donors (Lipinski definition) is 2. The molecule has 0 aliphatic heterocycles. The number of carbonyl (C=O) groups excluding carboxylic acids is 2. The Hall–Kier alpha value is -3.01. The molecule has 1 aromatic carbocycles. The first-order valence-corrected chi connectivity index (χ1v) is 5.76. The molecule has 0 aliphatic carbocycles. The smallest absolute Gasteiger partial charge is 0.317 e. The standard InChI is InChI=1S/C10H7ClN6O4/c11-7-2-1-6(3-8(7)17(20)21)14-9(18)10(19)15-16-4-12-13-5-16/h1-5H,(H,14,18)(H,15,19). The van der Waals surface area contributed by atoms with Crippen LogP contribution in [0.3, 0.4) is 0 Å². The Morgan fingerprint density at radius 3 is 2.52 bits per heavy atom. The molecule has 2 aromatic rings. The zero-order valence-electron chi connectivity index (χ0n) is 10.2. The van der Waals surface area contributed by atoms with Crippen molar-refractivity contribution in [2.45, 2.75) is 0 Å². The lowest BCUT2D eigenvalue weighted by molar-refractivity contribution is -0.384. The highest BCUT2D eigenvalue weighted by molar-refractivity contribution is 6.42. The Morgan fingerprint density at radius 2 is 1.90 bits per heavy atom. The average Bonchev–Trinajstić information content (AvgIpc) is 2.93. The van der Waals surface area contributed by atoms with Gasteiger partial charge in [-0.2, -0.15) is 0 Å². The van der Waals surface area contributed by atoms with Crippen molar-refractivity contribution >= 4 is 34.8 Å². The minimum Gasteiger partial charge on any atom is -0.317 e. The highest BCUT2D eigenvalue weighted by Gasteiger charge is 2.17. The van der Waals surface area contributed by atoms with Crippen LogP contribution in [0.5, 0.6) is 0 Å². The maximum absolute atomic E-state index is 11.6. The van der Waals surface area contributed by atoms with E-state index in [1.165, 1.54) is 24.8 Å². The number of nitro groups is 1. The van der Waals surface area contributed by atoms with Gasteiger partial charge in [-0.1, -0.05) is 11.6 Å². The number of nitrogens with one attached hydrogen (secondary N) is 2. The Balaban J connectivity index is 2.07. The van der Waals surface area contributed by atoms with Crippen LogP contribution in [0.25, 0.3) is 0 Å². The van der Waals surface area contributed by atoms with Gasteiger partial charge in [-0.15, -0.1) is 10.2 Å². The number of nitro benzene ring substituents is 1. The molecule has 0 spiro atoms. The first kappa shape index (κ1) is 14.4. The topological polar surface area (TPSA) is 132 Å². The summed E-state index contributed by atoms with van der Waals surface area (Å²) in [7, 11) is 0. The highest BCUT2D eigenvalue weighted by Crippen LogP contribution is 2.27. The number of benzene rings is 1. The monoisotopic (exact) mass is 310 g/mol. The quantitative estimate of drug-likeness (QED) is 0.483. The summed E-state index contributed by atoms with van der Waals surface area (Å²) in [6.07, 6.45) is 2.36. The summed E-state index contributed by atoms with van der Waals surface area (Å²) in [4.78, 5) is 33.2. The molecule has 2 amide bonds. The number of hydrogen-bond acceptors (Lipinski definition) is 6. The number of amides is 2. The first-order valence-electron chi connectivity index (χ1n) is 5.38. The Bertz CT molecular complexity index is 702. The molecule has 0 saturated carbocycles. The Morgan fingerprint density at radius 1 is 1.24 bits per heavy atom. The van der Waals surface area contributed by atoms with Gasteiger partial charge in [0.05, 0.1) is 4.92 Å². The van der Waals surface area contributed by atoms with Crippen LogP contribution in [0.15, 0.2) is 30.9 Å². The maximum Gasteiger partial charge on any atom is 0.328 e. The molecule has 21 heavy (non-hydrogen) atoms. The molecule has 2 rings (SSSR count). The minimum absolute atomic E-state index is 0.0648. The van der Waals surface area contributed by atoms with E-state index in [9.17, 15) is 19.7 Å². The van der Waals surface area contributed by atoms with Crippen molar-refractivity contribution in [3.05, 3.63) is 46.0 Å². The molecule has 0 unspecified atom stereocenters. The predicted octanol–water partition coefficient (Wildman–Crippen LogP) is 0.548. The number of nitrogens with zero attached hydrogens (tertiary/aromatic N) is 4. The second kappa shape index (κ2) is 5.96. The van der Waals surface area contributed by atoms with E-state index >= 15 is 0 Å². The van der Waals surface area contributed by atoms with Crippen LogP contribution in [0.2, 0.25) is 5.02 Å². The van der Waals surface area contributed by atoms with Crippen molar-refractivity contribution in [2.75, 3.05) is 10.7 Å². The van der Waals surface area contributed by atoms with Crippen molar-refractivity contribution in [2.24, 2.45) is 0 Å². The molecule has 10 nitrogen and oxygen atoms in total. The normalized spacial score (nSPS) is 9.95. The highest BCUT2D eigenvalue weighted by atomic mass is 35.5. The molecule has 1 aromatic heterocycles. The van der Waals surface area contributed by atoms with E-state index in [-0.39, 0.29) is 16.4 Å². The second-order valence-corrected chi connectivity index (χ2v) is 4.09. The fraction of sp³-hybridized carbons (Fsp3) is 0. The second-order valence-electron chi connectivity index (χ2n) is 3.69. The van der Waals surface area contributed by atoms with E-state index in [1.54, 1.807) is 0 Å². The van der Waals surface area contributed by atoms with Crippen LogP contribution in [0.4, 0.5) is 11.4 Å². The third kappa shape index (κ3) is 3.51. The summed E-state index contributed by atoms with van der Waals surface area (Å²) in [5.74, 6) is -2.01. The van der Waals surface area contributed by atoms with Gasteiger partial charge in [0.25, 0.3) is 5.69 Å². The van der Waals surface area contributed by atoms with Gasteiger partial charge in [0.15, 0.2) is 0 Å². The third-order valence-corrected chi connectivity index (χ3v) is 2.58. The number of aromatic nitrogens is 3. The summed E-state index contributed by atoms with van der Waals surface area (Å²) in [5, 5.41) is 19.7. The van der Waals surface area contributed by atoms with Gasteiger partial charge in [-0.25, -0.2) is 4.68 Å². The van der Waals surface area contributed by atoms with Gasteiger partial charge >= 0.3 is 11.8 Å². The zero-order valence-corrected chi connectivity index (χ0v) is 10.9. The SMILES string of the molecule is O=C(Nc1ccc(Cl)c([N+](=O)[O-])c1)C(=O)Nn1cnnc1. The molecule has 0 atom stereocenters. The van der Waals surface area contributed by atoms with E-state index in [0.717, 1.165) is 10.7 Å². The molecule has 1 heterocycles. The van der Waals surface area contributed by atoms with Gasteiger partial charge < -0.3 is 5.32 Å². The first-order chi connectivity index (χ1) is 9.97. The molecule has 0 fully saturated rings. The van der Waals surface area contributed by atoms with Crippen LogP contribution >= 0.6 is 11.6 Å². The number of anilines is 1. The summed E-state index contributed by atoms with van der Waals surface area (Å²) < 4.78 is 1.08. The lowest BCUT2D eigenvalue weighted by atomic mass is 10.3. The van der Waals surface area contributed by atoms with Gasteiger partial charge in [-0.05, 0) is 12.1 Å². The van der Waals surface area contributed by atoms with Gasteiger partial charge in [-0.3, -0.25) is 25.1 Å². The van der Waals surface area contributed by atoms with Crippen LogP contribution in [0, 0.1) is 10.1 Å². The van der Waals surface area contributed by atoms with Gasteiger partial charge in [0.2, 0.25) is 0 Å². The molecule has 11 heteroatoms. The number of carbonyl (C=O) groups is 2. The number of rotatable bonds is 3. The van der Waals surface area contributed by atoms with Crippen LogP contribution in [0.1, 0.15) is 0 Å². The van der Waals surface area contributed by atoms with Crippen molar-refractivity contribution < 1.29 is 14.5 Å². The van der Waals surface area contributed by atoms with Crippen LogP contribution < -0.4 is 10.7 Å². The van der Waals surface area contributed by atoms with Crippen molar-refractivity contribution in [3.8, 4) is 0 Å². The molecular formula is C10H7ClN6O4. The van der Waals surface area contributed by atoms with E-state index in [4.69, 9.17) is 11.6 Å². The average molecular weight is 311 g/mol. The Kier molecular flexibility index (Phi) is 4.09. The minimum atomic E-state index is -1.01. The molecule has 0 bridgehead atoms. The molecule has 0 saturated heterocycles. The summed E-state index contributed by atoms with van der Waals surface area (Å²) >= 11 is 5.63.